The third-order valence-corrected chi connectivity index (χ3v) is 6.93. The maximum atomic E-state index is 15.0. The van der Waals surface area contributed by atoms with Gasteiger partial charge in [0.05, 0.1) is 12.5 Å². The van der Waals surface area contributed by atoms with Crippen molar-refractivity contribution >= 4 is 10.9 Å². The van der Waals surface area contributed by atoms with Crippen molar-refractivity contribution in [2.45, 2.75) is 49.8 Å². The number of halogens is 4. The molecule has 0 fully saturated rings. The van der Waals surface area contributed by atoms with Crippen molar-refractivity contribution in [3.63, 3.8) is 0 Å². The summed E-state index contributed by atoms with van der Waals surface area (Å²) in [5.74, 6) is -1.74. The first-order chi connectivity index (χ1) is 17.0. The summed E-state index contributed by atoms with van der Waals surface area (Å²) in [6.07, 6.45) is -1.59. The zero-order valence-corrected chi connectivity index (χ0v) is 19.7. The number of para-hydroxylation sites is 1. The van der Waals surface area contributed by atoms with Crippen molar-refractivity contribution in [3.05, 3.63) is 89.4 Å². The molecular weight excluding hydrogens is 474 g/mol. The van der Waals surface area contributed by atoms with Gasteiger partial charge in [0.25, 0.3) is 0 Å². The lowest BCUT2D eigenvalue weighted by molar-refractivity contribution is -0.272. The number of fused-ring (bicyclic) bond motifs is 2. The van der Waals surface area contributed by atoms with Gasteiger partial charge in [0.15, 0.2) is 5.60 Å². The van der Waals surface area contributed by atoms with Gasteiger partial charge in [0.1, 0.15) is 17.9 Å². The number of rotatable bonds is 6. The number of ether oxygens (including phenoxy) is 1. The summed E-state index contributed by atoms with van der Waals surface area (Å²) in [6.45, 7) is 3.44. The number of nitrogens with one attached hydrogen (secondary N) is 1. The van der Waals surface area contributed by atoms with Crippen molar-refractivity contribution in [1.82, 2.24) is 15.0 Å². The molecule has 0 amide bonds. The van der Waals surface area contributed by atoms with Crippen molar-refractivity contribution in [3.8, 4) is 5.75 Å². The summed E-state index contributed by atoms with van der Waals surface area (Å²) in [5.41, 5.74) is -2.78. The average Bonchev–Trinajstić information content (AvgIpc) is 3.44. The summed E-state index contributed by atoms with van der Waals surface area (Å²) >= 11 is 0. The van der Waals surface area contributed by atoms with E-state index in [4.69, 9.17) is 4.74 Å². The van der Waals surface area contributed by atoms with Crippen LogP contribution in [-0.2, 0) is 11.8 Å². The van der Waals surface area contributed by atoms with Gasteiger partial charge in [-0.3, -0.25) is 0 Å². The lowest BCUT2D eigenvalue weighted by atomic mass is 9.68. The van der Waals surface area contributed by atoms with Crippen LogP contribution in [0.15, 0.2) is 61.2 Å². The Morgan fingerprint density at radius 2 is 1.81 bits per heavy atom. The molecule has 0 saturated heterocycles. The number of nitrogens with zero attached hydrogens (tertiary/aromatic N) is 2. The SMILES string of the molecule is CC(C)(CC(O)(C(c1cncnc1)c1cc2ccccc2[nH]1)C(F)(F)F)c1cc(F)cc2c1OCC2. The van der Waals surface area contributed by atoms with E-state index in [0.717, 1.165) is 0 Å². The van der Waals surface area contributed by atoms with E-state index < -0.39 is 35.3 Å². The zero-order valence-electron chi connectivity index (χ0n) is 19.7. The number of benzene rings is 2. The smallest absolute Gasteiger partial charge is 0.418 e. The Morgan fingerprint density at radius 3 is 2.50 bits per heavy atom. The van der Waals surface area contributed by atoms with Crippen molar-refractivity contribution in [1.29, 1.82) is 0 Å². The van der Waals surface area contributed by atoms with Crippen LogP contribution >= 0.6 is 0 Å². The Morgan fingerprint density at radius 1 is 1.08 bits per heavy atom. The van der Waals surface area contributed by atoms with E-state index in [1.54, 1.807) is 44.2 Å². The molecule has 3 heterocycles. The monoisotopic (exact) mass is 499 g/mol. The maximum Gasteiger partial charge on any atom is 0.418 e. The fourth-order valence-electron chi connectivity index (χ4n) is 5.33. The molecule has 2 unspecified atom stereocenters. The molecule has 188 valence electrons. The topological polar surface area (TPSA) is 71.0 Å². The van der Waals surface area contributed by atoms with E-state index in [0.29, 0.717) is 35.2 Å². The van der Waals surface area contributed by atoms with Crippen LogP contribution in [0.1, 0.15) is 48.6 Å². The minimum Gasteiger partial charge on any atom is -0.493 e. The number of aromatic amines is 1. The molecule has 1 aliphatic rings. The first-order valence-electron chi connectivity index (χ1n) is 11.6. The van der Waals surface area contributed by atoms with E-state index in [9.17, 15) is 22.7 Å². The largest absolute Gasteiger partial charge is 0.493 e. The van der Waals surface area contributed by atoms with E-state index in [1.807, 2.05) is 0 Å². The van der Waals surface area contributed by atoms with Gasteiger partial charge >= 0.3 is 6.18 Å². The molecular formula is C27H25F4N3O2. The molecule has 0 aliphatic carbocycles. The van der Waals surface area contributed by atoms with Crippen LogP contribution in [0.25, 0.3) is 10.9 Å². The van der Waals surface area contributed by atoms with Gasteiger partial charge in [-0.2, -0.15) is 13.2 Å². The lowest BCUT2D eigenvalue weighted by Crippen LogP contribution is -2.54. The highest BCUT2D eigenvalue weighted by molar-refractivity contribution is 5.80. The molecule has 36 heavy (non-hydrogen) atoms. The van der Waals surface area contributed by atoms with Crippen LogP contribution in [-0.4, -0.2) is 38.4 Å². The number of aromatic nitrogens is 3. The zero-order chi connectivity index (χ0) is 25.7. The highest BCUT2D eigenvalue weighted by Gasteiger charge is 2.61. The molecule has 2 aromatic carbocycles. The molecule has 2 N–H and O–H groups in total. The Balaban J connectivity index is 1.68. The molecule has 9 heteroatoms. The van der Waals surface area contributed by atoms with Gasteiger partial charge in [-0.25, -0.2) is 14.4 Å². The number of H-pyrrole nitrogens is 1. The average molecular weight is 500 g/mol. The second kappa shape index (κ2) is 8.58. The first kappa shape index (κ1) is 24.2. The number of hydrogen-bond acceptors (Lipinski definition) is 4. The fourth-order valence-corrected chi connectivity index (χ4v) is 5.33. The summed E-state index contributed by atoms with van der Waals surface area (Å²) < 4.78 is 65.1. The molecule has 2 atom stereocenters. The van der Waals surface area contributed by atoms with Crippen LogP contribution in [0.2, 0.25) is 0 Å². The number of hydrogen-bond donors (Lipinski definition) is 2. The van der Waals surface area contributed by atoms with E-state index in [1.165, 1.54) is 30.9 Å². The third-order valence-electron chi connectivity index (χ3n) is 6.93. The molecule has 0 bridgehead atoms. The summed E-state index contributed by atoms with van der Waals surface area (Å²) in [6, 6.07) is 11.2. The van der Waals surface area contributed by atoms with Crippen molar-refractivity contribution in [2.75, 3.05) is 6.61 Å². The van der Waals surface area contributed by atoms with Crippen molar-refractivity contribution in [2.24, 2.45) is 0 Å². The van der Waals surface area contributed by atoms with E-state index in [-0.39, 0.29) is 16.8 Å². The van der Waals surface area contributed by atoms with Gasteiger partial charge in [0, 0.05) is 46.7 Å². The molecule has 5 rings (SSSR count). The second-order valence-corrected chi connectivity index (χ2v) is 9.94. The van der Waals surface area contributed by atoms with E-state index in [2.05, 4.69) is 15.0 Å². The quantitative estimate of drug-likeness (QED) is 0.328. The number of aliphatic hydroxyl groups is 1. The van der Waals surface area contributed by atoms with Gasteiger partial charge < -0.3 is 14.8 Å². The molecule has 0 radical (unpaired) electrons. The van der Waals surface area contributed by atoms with Gasteiger partial charge in [-0.1, -0.05) is 32.0 Å². The van der Waals surface area contributed by atoms with Crippen LogP contribution in [0, 0.1) is 5.82 Å². The van der Waals surface area contributed by atoms with Crippen LogP contribution in [0.5, 0.6) is 5.75 Å². The predicted molar refractivity (Wildman–Crippen MR) is 126 cm³/mol. The Hall–Kier alpha value is -3.46. The molecule has 5 nitrogen and oxygen atoms in total. The Kier molecular flexibility index (Phi) is 5.78. The molecule has 2 aromatic heterocycles. The second-order valence-electron chi connectivity index (χ2n) is 9.94. The van der Waals surface area contributed by atoms with Crippen LogP contribution < -0.4 is 4.74 Å². The van der Waals surface area contributed by atoms with Crippen LogP contribution in [0.3, 0.4) is 0 Å². The Bertz CT molecular complexity index is 1370. The van der Waals surface area contributed by atoms with Crippen LogP contribution in [0.4, 0.5) is 17.6 Å². The summed E-state index contributed by atoms with van der Waals surface area (Å²) in [7, 11) is 0. The molecule has 0 saturated carbocycles. The van der Waals surface area contributed by atoms with Gasteiger partial charge in [-0.05, 0) is 41.5 Å². The minimum absolute atomic E-state index is 0.0976. The Labute approximate surface area is 205 Å². The third kappa shape index (κ3) is 4.11. The fraction of sp³-hybridized carbons (Fsp3) is 0.333. The van der Waals surface area contributed by atoms with Crippen molar-refractivity contribution < 1.29 is 27.4 Å². The summed E-state index contributed by atoms with van der Waals surface area (Å²) in [5, 5.41) is 12.4. The minimum atomic E-state index is -5.06. The molecule has 0 spiro atoms. The van der Waals surface area contributed by atoms with Gasteiger partial charge in [0.2, 0.25) is 0 Å². The highest BCUT2D eigenvalue weighted by atomic mass is 19.4. The maximum absolute atomic E-state index is 15.0. The normalized spacial score (nSPS) is 16.4. The summed E-state index contributed by atoms with van der Waals surface area (Å²) in [4.78, 5) is 10.9. The lowest BCUT2D eigenvalue weighted by Gasteiger charge is -2.42. The highest BCUT2D eigenvalue weighted by Crippen LogP contribution is 2.52. The predicted octanol–water partition coefficient (Wildman–Crippen LogP) is 5.83. The van der Waals surface area contributed by atoms with Gasteiger partial charge in [-0.15, -0.1) is 0 Å². The standard InChI is InChI=1S/C27H25F4N3O2/c1-25(2,20-11-19(28)9-17-7-8-36-24(17)20)14-26(35,27(29,30)31)23(18-12-32-15-33-13-18)22-10-16-5-3-4-6-21(16)34-22/h3-6,9-13,15,23,34-35H,7-8,14H2,1-2H3. The first-order valence-corrected chi connectivity index (χ1v) is 11.6. The molecule has 4 aromatic rings. The number of alkyl halides is 3. The molecule has 1 aliphatic heterocycles. The van der Waals surface area contributed by atoms with E-state index >= 15 is 0 Å².